The minimum absolute atomic E-state index is 0.0845. The third-order valence-corrected chi connectivity index (χ3v) is 2.40. The Balaban J connectivity index is 2.69. The van der Waals surface area contributed by atoms with Gasteiger partial charge in [-0.3, -0.25) is 10.1 Å². The molecule has 3 nitrogen and oxygen atoms in total. The Kier molecular flexibility index (Phi) is 3.01. The van der Waals surface area contributed by atoms with Crippen LogP contribution < -0.4 is 0 Å². The van der Waals surface area contributed by atoms with Crippen LogP contribution in [-0.4, -0.2) is 4.92 Å². The Morgan fingerprint density at radius 1 is 0.944 bits per heavy atom. The van der Waals surface area contributed by atoms with Crippen molar-refractivity contribution in [3.05, 3.63) is 64.0 Å². The van der Waals surface area contributed by atoms with Crippen LogP contribution in [0, 0.1) is 27.6 Å². The van der Waals surface area contributed by atoms with E-state index in [9.17, 15) is 23.3 Å². The van der Waals surface area contributed by atoms with Gasteiger partial charge in [0.25, 0.3) is 5.69 Å². The van der Waals surface area contributed by atoms with Crippen molar-refractivity contribution in [2.45, 2.75) is 0 Å². The molecule has 0 fully saturated rings. The van der Waals surface area contributed by atoms with E-state index in [1.165, 1.54) is 6.07 Å². The molecule has 92 valence electrons. The molecule has 0 saturated heterocycles. The number of hydrogen-bond acceptors (Lipinski definition) is 2. The third-order valence-electron chi connectivity index (χ3n) is 2.40. The highest BCUT2D eigenvalue weighted by atomic mass is 19.2. The van der Waals surface area contributed by atoms with Crippen molar-refractivity contribution in [1.29, 1.82) is 0 Å². The monoisotopic (exact) mass is 253 g/mol. The molecule has 2 rings (SSSR count). The van der Waals surface area contributed by atoms with Crippen molar-refractivity contribution in [1.82, 2.24) is 0 Å². The van der Waals surface area contributed by atoms with E-state index in [0.717, 1.165) is 30.3 Å². The number of benzene rings is 2. The molecule has 0 saturated carbocycles. The lowest BCUT2D eigenvalue weighted by Gasteiger charge is -2.05. The fourth-order valence-electron chi connectivity index (χ4n) is 1.60. The number of hydrogen-bond donors (Lipinski definition) is 0. The molecular weight excluding hydrogens is 247 g/mol. The van der Waals surface area contributed by atoms with Crippen LogP contribution in [0.3, 0.4) is 0 Å². The summed E-state index contributed by atoms with van der Waals surface area (Å²) >= 11 is 0. The van der Waals surface area contributed by atoms with Crippen molar-refractivity contribution in [2.24, 2.45) is 0 Å². The fraction of sp³-hybridized carbons (Fsp3) is 0. The molecular formula is C12H6F3NO2. The third kappa shape index (κ3) is 2.04. The summed E-state index contributed by atoms with van der Waals surface area (Å²) < 4.78 is 39.4. The van der Waals surface area contributed by atoms with Crippen LogP contribution in [-0.2, 0) is 0 Å². The molecule has 0 N–H and O–H groups in total. The molecule has 18 heavy (non-hydrogen) atoms. The number of rotatable bonds is 2. The van der Waals surface area contributed by atoms with Gasteiger partial charge in [-0.15, -0.1) is 0 Å². The van der Waals surface area contributed by atoms with Crippen LogP contribution in [0.5, 0.6) is 0 Å². The lowest BCUT2D eigenvalue weighted by atomic mass is 10.0. The van der Waals surface area contributed by atoms with Crippen LogP contribution in [0.4, 0.5) is 18.9 Å². The number of nitro groups is 1. The smallest absolute Gasteiger partial charge is 0.258 e. The van der Waals surface area contributed by atoms with Gasteiger partial charge in [-0.25, -0.2) is 13.2 Å². The van der Waals surface area contributed by atoms with Gasteiger partial charge in [0.05, 0.1) is 10.5 Å². The predicted molar refractivity (Wildman–Crippen MR) is 58.4 cm³/mol. The topological polar surface area (TPSA) is 43.1 Å². The minimum Gasteiger partial charge on any atom is -0.258 e. The lowest BCUT2D eigenvalue weighted by molar-refractivity contribution is -0.384. The van der Waals surface area contributed by atoms with Crippen molar-refractivity contribution >= 4 is 5.69 Å². The molecule has 0 aromatic heterocycles. The molecule has 0 aliphatic heterocycles. The Morgan fingerprint density at radius 2 is 1.67 bits per heavy atom. The zero-order chi connectivity index (χ0) is 13.3. The quantitative estimate of drug-likeness (QED) is 0.605. The largest absolute Gasteiger partial charge is 0.280 e. The summed E-state index contributed by atoms with van der Waals surface area (Å²) in [5.74, 6) is -3.15. The van der Waals surface area contributed by atoms with Gasteiger partial charge in [-0.1, -0.05) is 12.1 Å². The Bertz CT molecular complexity index is 629. The van der Waals surface area contributed by atoms with Crippen LogP contribution in [0.2, 0.25) is 0 Å². The fourth-order valence-corrected chi connectivity index (χ4v) is 1.60. The van der Waals surface area contributed by atoms with Crippen molar-refractivity contribution < 1.29 is 18.1 Å². The molecule has 0 aliphatic rings. The maximum Gasteiger partial charge on any atom is 0.280 e. The van der Waals surface area contributed by atoms with E-state index in [0.29, 0.717) is 0 Å². The molecule has 0 atom stereocenters. The van der Waals surface area contributed by atoms with Crippen LogP contribution in [0.15, 0.2) is 36.4 Å². The number of nitro benzene ring substituents is 1. The van der Waals surface area contributed by atoms with E-state index in [4.69, 9.17) is 0 Å². The maximum atomic E-state index is 13.6. The summed E-state index contributed by atoms with van der Waals surface area (Å²) in [6.07, 6.45) is 0. The van der Waals surface area contributed by atoms with E-state index in [1.54, 1.807) is 0 Å². The van der Waals surface area contributed by atoms with Crippen molar-refractivity contribution in [3.63, 3.8) is 0 Å². The summed E-state index contributed by atoms with van der Waals surface area (Å²) in [7, 11) is 0. The van der Waals surface area contributed by atoms with E-state index in [1.807, 2.05) is 0 Å². The molecule has 0 aliphatic carbocycles. The van der Waals surface area contributed by atoms with E-state index < -0.39 is 28.1 Å². The van der Waals surface area contributed by atoms with Crippen LogP contribution >= 0.6 is 0 Å². The first-order valence-electron chi connectivity index (χ1n) is 4.89. The molecule has 2 aromatic carbocycles. The normalized spacial score (nSPS) is 10.4. The van der Waals surface area contributed by atoms with E-state index >= 15 is 0 Å². The molecule has 0 bridgehead atoms. The summed E-state index contributed by atoms with van der Waals surface area (Å²) in [5.41, 5.74) is -0.943. The van der Waals surface area contributed by atoms with Gasteiger partial charge in [0, 0.05) is 6.07 Å². The minimum atomic E-state index is -1.19. The summed E-state index contributed by atoms with van der Waals surface area (Å²) in [6, 6.07) is 5.89. The van der Waals surface area contributed by atoms with Gasteiger partial charge in [-0.05, 0) is 23.8 Å². The molecule has 0 unspecified atom stereocenters. The number of halogens is 3. The van der Waals surface area contributed by atoms with Gasteiger partial charge in [-0.2, -0.15) is 0 Å². The van der Waals surface area contributed by atoms with Crippen LogP contribution in [0.1, 0.15) is 0 Å². The summed E-state index contributed by atoms with van der Waals surface area (Å²) in [4.78, 5) is 9.99. The SMILES string of the molecule is O=[N+]([O-])c1cccc(F)c1-c1ccc(F)c(F)c1. The zero-order valence-corrected chi connectivity index (χ0v) is 8.86. The zero-order valence-electron chi connectivity index (χ0n) is 8.86. The average Bonchev–Trinajstić information content (AvgIpc) is 2.32. The number of nitrogens with zero attached hydrogens (tertiary/aromatic N) is 1. The van der Waals surface area contributed by atoms with Gasteiger partial charge in [0.15, 0.2) is 11.6 Å². The van der Waals surface area contributed by atoms with Gasteiger partial charge in [0.1, 0.15) is 5.82 Å². The Morgan fingerprint density at radius 3 is 2.28 bits per heavy atom. The standard InChI is InChI=1S/C12H6F3NO2/c13-8-5-4-7(6-10(8)15)12-9(14)2-1-3-11(12)16(17)18/h1-6H. The van der Waals surface area contributed by atoms with Gasteiger partial charge < -0.3 is 0 Å². The first kappa shape index (κ1) is 12.1. The molecule has 0 spiro atoms. The first-order valence-corrected chi connectivity index (χ1v) is 4.89. The Hall–Kier alpha value is -2.37. The molecule has 2 aromatic rings. The highest BCUT2D eigenvalue weighted by Crippen LogP contribution is 2.32. The average molecular weight is 253 g/mol. The van der Waals surface area contributed by atoms with Crippen LogP contribution in [0.25, 0.3) is 11.1 Å². The highest BCUT2D eigenvalue weighted by Gasteiger charge is 2.20. The molecule has 0 amide bonds. The molecule has 6 heteroatoms. The van der Waals surface area contributed by atoms with Gasteiger partial charge >= 0.3 is 0 Å². The summed E-state index contributed by atoms with van der Waals surface area (Å²) in [5, 5.41) is 10.8. The van der Waals surface area contributed by atoms with E-state index in [2.05, 4.69) is 0 Å². The molecule has 0 heterocycles. The maximum absolute atomic E-state index is 13.6. The second-order valence-electron chi connectivity index (χ2n) is 3.52. The Labute approximate surface area is 99.6 Å². The second-order valence-corrected chi connectivity index (χ2v) is 3.52. The predicted octanol–water partition coefficient (Wildman–Crippen LogP) is 3.68. The van der Waals surface area contributed by atoms with Gasteiger partial charge in [0.2, 0.25) is 0 Å². The lowest BCUT2D eigenvalue weighted by Crippen LogP contribution is -1.96. The van der Waals surface area contributed by atoms with E-state index in [-0.39, 0.29) is 11.1 Å². The molecule has 0 radical (unpaired) electrons. The summed E-state index contributed by atoms with van der Waals surface area (Å²) in [6.45, 7) is 0. The van der Waals surface area contributed by atoms with Crippen molar-refractivity contribution in [2.75, 3.05) is 0 Å². The first-order chi connectivity index (χ1) is 8.50. The van der Waals surface area contributed by atoms with Crippen molar-refractivity contribution in [3.8, 4) is 11.1 Å². The second kappa shape index (κ2) is 4.48. The highest BCUT2D eigenvalue weighted by molar-refractivity contribution is 5.74.